The lowest BCUT2D eigenvalue weighted by atomic mass is 9.65. The average Bonchev–Trinajstić information content (AvgIpc) is 2.36. The van der Waals surface area contributed by atoms with Gasteiger partial charge in [0.2, 0.25) is 0 Å². The summed E-state index contributed by atoms with van der Waals surface area (Å²) in [6, 6.07) is 0. The Morgan fingerprint density at radius 3 is 2.94 bits per heavy atom. The standard InChI is InChI=1S/C16H18/c1-11-13-7-3-5-9-15(13)12(2)16-10-6-4-8-14(11)16/h3-9,11,13,16H,10H2,1-2H3/t11?,13?,16-/m0/s1. The van der Waals surface area contributed by atoms with E-state index in [9.17, 15) is 0 Å². The normalized spacial score (nSPS) is 35.9. The quantitative estimate of drug-likeness (QED) is 0.562. The van der Waals surface area contributed by atoms with Gasteiger partial charge >= 0.3 is 0 Å². The van der Waals surface area contributed by atoms with Crippen molar-refractivity contribution in [3.8, 4) is 0 Å². The van der Waals surface area contributed by atoms with Crippen molar-refractivity contribution in [1.29, 1.82) is 0 Å². The van der Waals surface area contributed by atoms with Crippen LogP contribution in [-0.2, 0) is 0 Å². The molecule has 82 valence electrons. The highest BCUT2D eigenvalue weighted by Crippen LogP contribution is 2.46. The predicted molar refractivity (Wildman–Crippen MR) is 69.0 cm³/mol. The Morgan fingerprint density at radius 1 is 1.19 bits per heavy atom. The average molecular weight is 210 g/mol. The van der Waals surface area contributed by atoms with Gasteiger partial charge in [0.05, 0.1) is 0 Å². The van der Waals surface area contributed by atoms with Gasteiger partial charge in [0.1, 0.15) is 0 Å². The van der Waals surface area contributed by atoms with E-state index in [1.165, 1.54) is 6.42 Å². The van der Waals surface area contributed by atoms with Gasteiger partial charge in [-0.3, -0.25) is 0 Å². The number of hydrogen-bond donors (Lipinski definition) is 0. The molecule has 2 unspecified atom stereocenters. The van der Waals surface area contributed by atoms with Crippen LogP contribution in [0.4, 0.5) is 0 Å². The minimum absolute atomic E-state index is 0.610. The SMILES string of the molecule is CC1=C2C=CC=CC2C(C)C2=CC=CC[C@H]21. The molecule has 0 bridgehead atoms. The van der Waals surface area contributed by atoms with E-state index in [1.54, 1.807) is 16.7 Å². The first-order valence-corrected chi connectivity index (χ1v) is 6.21. The minimum Gasteiger partial charge on any atom is -0.0836 e. The van der Waals surface area contributed by atoms with Gasteiger partial charge in [-0.1, -0.05) is 60.6 Å². The number of rotatable bonds is 0. The molecule has 0 saturated carbocycles. The Balaban J connectivity index is 2.14. The van der Waals surface area contributed by atoms with Crippen LogP contribution in [0, 0.1) is 17.8 Å². The fourth-order valence-corrected chi connectivity index (χ4v) is 3.34. The molecule has 3 atom stereocenters. The Labute approximate surface area is 97.7 Å². The van der Waals surface area contributed by atoms with Crippen LogP contribution in [0.15, 0.2) is 59.3 Å². The predicted octanol–water partition coefficient (Wildman–Crippen LogP) is 4.20. The van der Waals surface area contributed by atoms with Gasteiger partial charge in [-0.15, -0.1) is 0 Å². The topological polar surface area (TPSA) is 0 Å². The maximum Gasteiger partial charge on any atom is 0.00839 e. The molecule has 16 heavy (non-hydrogen) atoms. The van der Waals surface area contributed by atoms with Crippen LogP contribution in [0.25, 0.3) is 0 Å². The van der Waals surface area contributed by atoms with Crippen LogP contribution in [0.5, 0.6) is 0 Å². The molecule has 0 nitrogen and oxygen atoms in total. The van der Waals surface area contributed by atoms with E-state index < -0.39 is 0 Å². The first-order chi connectivity index (χ1) is 7.79. The van der Waals surface area contributed by atoms with Gasteiger partial charge in [0.15, 0.2) is 0 Å². The molecule has 3 rings (SSSR count). The second kappa shape index (κ2) is 3.62. The summed E-state index contributed by atoms with van der Waals surface area (Å²) in [5.41, 5.74) is 4.78. The van der Waals surface area contributed by atoms with Crippen molar-refractivity contribution in [3.05, 3.63) is 59.3 Å². The Bertz CT molecular complexity index is 454. The maximum atomic E-state index is 2.37. The molecule has 0 aliphatic heterocycles. The van der Waals surface area contributed by atoms with E-state index in [4.69, 9.17) is 0 Å². The summed E-state index contributed by atoms with van der Waals surface area (Å²) in [6.07, 6.45) is 17.1. The molecule has 0 aromatic rings. The zero-order valence-electron chi connectivity index (χ0n) is 9.98. The van der Waals surface area contributed by atoms with E-state index in [2.05, 4.69) is 56.4 Å². The van der Waals surface area contributed by atoms with E-state index in [0.717, 1.165) is 0 Å². The summed E-state index contributed by atoms with van der Waals surface area (Å²) in [4.78, 5) is 0. The van der Waals surface area contributed by atoms with Crippen LogP contribution in [0.2, 0.25) is 0 Å². The monoisotopic (exact) mass is 210 g/mol. The summed E-state index contributed by atoms with van der Waals surface area (Å²) >= 11 is 0. The van der Waals surface area contributed by atoms with Gasteiger partial charge in [-0.25, -0.2) is 0 Å². The first-order valence-electron chi connectivity index (χ1n) is 6.21. The fraction of sp³-hybridized carbons (Fsp3) is 0.375. The van der Waals surface area contributed by atoms with Crippen LogP contribution < -0.4 is 0 Å². The Kier molecular flexibility index (Phi) is 2.24. The molecular weight excluding hydrogens is 192 g/mol. The van der Waals surface area contributed by atoms with Crippen LogP contribution >= 0.6 is 0 Å². The molecule has 0 fully saturated rings. The fourth-order valence-electron chi connectivity index (χ4n) is 3.34. The summed E-state index contributed by atoms with van der Waals surface area (Å²) in [5.74, 6) is 1.94. The van der Waals surface area contributed by atoms with Gasteiger partial charge in [-0.05, 0) is 24.8 Å². The van der Waals surface area contributed by atoms with E-state index >= 15 is 0 Å². The Morgan fingerprint density at radius 2 is 2.06 bits per heavy atom. The highest BCUT2D eigenvalue weighted by molar-refractivity contribution is 5.47. The maximum absolute atomic E-state index is 2.37. The second-order valence-electron chi connectivity index (χ2n) is 5.08. The van der Waals surface area contributed by atoms with Crippen molar-refractivity contribution in [2.24, 2.45) is 17.8 Å². The molecule has 0 amide bonds. The third-order valence-electron chi connectivity index (χ3n) is 4.31. The summed E-state index contributed by atoms with van der Waals surface area (Å²) in [7, 11) is 0. The molecule has 0 heteroatoms. The van der Waals surface area contributed by atoms with Crippen molar-refractivity contribution < 1.29 is 0 Å². The molecule has 0 heterocycles. The molecule has 0 N–H and O–H groups in total. The Hall–Kier alpha value is -1.30. The summed E-state index contributed by atoms with van der Waals surface area (Å²) in [6.45, 7) is 4.69. The highest BCUT2D eigenvalue weighted by Gasteiger charge is 2.34. The third-order valence-corrected chi connectivity index (χ3v) is 4.31. The lowest BCUT2D eigenvalue weighted by Crippen LogP contribution is -2.28. The van der Waals surface area contributed by atoms with Crippen LogP contribution in [-0.4, -0.2) is 0 Å². The van der Waals surface area contributed by atoms with Crippen molar-refractivity contribution in [2.75, 3.05) is 0 Å². The third kappa shape index (κ3) is 1.29. The lowest BCUT2D eigenvalue weighted by Gasteiger charge is -2.39. The summed E-state index contributed by atoms with van der Waals surface area (Å²) < 4.78 is 0. The molecule has 0 saturated heterocycles. The van der Waals surface area contributed by atoms with Crippen molar-refractivity contribution in [3.63, 3.8) is 0 Å². The number of fused-ring (bicyclic) bond motifs is 2. The zero-order valence-corrected chi connectivity index (χ0v) is 9.98. The molecule has 3 aliphatic rings. The van der Waals surface area contributed by atoms with Gasteiger partial charge in [-0.2, -0.15) is 0 Å². The molecule has 0 aromatic heterocycles. The molecule has 0 spiro atoms. The van der Waals surface area contributed by atoms with Gasteiger partial charge < -0.3 is 0 Å². The smallest absolute Gasteiger partial charge is 0.00839 e. The molecule has 0 aromatic carbocycles. The van der Waals surface area contributed by atoms with E-state index in [-0.39, 0.29) is 0 Å². The van der Waals surface area contributed by atoms with Gasteiger partial charge in [0, 0.05) is 11.8 Å². The first kappa shape index (κ1) is 9.89. The molecule has 0 radical (unpaired) electrons. The van der Waals surface area contributed by atoms with Crippen LogP contribution in [0.1, 0.15) is 20.3 Å². The zero-order chi connectivity index (χ0) is 11.1. The number of hydrogen-bond acceptors (Lipinski definition) is 0. The van der Waals surface area contributed by atoms with Crippen molar-refractivity contribution in [2.45, 2.75) is 20.3 Å². The minimum atomic E-state index is 0.610. The highest BCUT2D eigenvalue weighted by atomic mass is 14.4. The summed E-state index contributed by atoms with van der Waals surface area (Å²) in [5, 5.41) is 0. The largest absolute Gasteiger partial charge is 0.0836 e. The molecular formula is C16H18. The second-order valence-corrected chi connectivity index (χ2v) is 5.08. The number of allylic oxidation sites excluding steroid dienone is 10. The van der Waals surface area contributed by atoms with Crippen molar-refractivity contribution >= 4 is 0 Å². The van der Waals surface area contributed by atoms with Crippen LogP contribution in [0.3, 0.4) is 0 Å². The van der Waals surface area contributed by atoms with Gasteiger partial charge in [0.25, 0.3) is 0 Å². The van der Waals surface area contributed by atoms with E-state index in [1.807, 2.05) is 0 Å². The lowest BCUT2D eigenvalue weighted by molar-refractivity contribution is 0.457. The van der Waals surface area contributed by atoms with Crippen molar-refractivity contribution in [1.82, 2.24) is 0 Å². The molecule has 3 aliphatic carbocycles. The van der Waals surface area contributed by atoms with E-state index in [0.29, 0.717) is 17.8 Å².